The second-order valence-electron chi connectivity index (χ2n) is 12.6. The van der Waals surface area contributed by atoms with E-state index in [2.05, 4.69) is 10.6 Å². The Labute approximate surface area is 236 Å². The first-order chi connectivity index (χ1) is 19.1. The fourth-order valence-electron chi connectivity index (χ4n) is 6.48. The molecule has 1 heterocycles. The molecule has 0 spiro atoms. The van der Waals surface area contributed by atoms with E-state index >= 15 is 0 Å². The van der Waals surface area contributed by atoms with Gasteiger partial charge in [0, 0.05) is 24.0 Å². The van der Waals surface area contributed by atoms with Gasteiger partial charge in [0.1, 0.15) is 17.7 Å². The zero-order valence-electron chi connectivity index (χ0n) is 22.8. The number of benzene rings is 2. The van der Waals surface area contributed by atoms with E-state index in [4.69, 9.17) is 4.99 Å². The number of halogens is 4. The van der Waals surface area contributed by atoms with Gasteiger partial charge in [0.25, 0.3) is 0 Å². The monoisotopic (exact) mass is 592 g/mol. The Kier molecular flexibility index (Phi) is 6.35. The highest BCUT2D eigenvalue weighted by atomic mass is 32.2. The zero-order valence-corrected chi connectivity index (χ0v) is 23.6. The molecule has 7 rings (SSSR count). The summed E-state index contributed by atoms with van der Waals surface area (Å²) in [6.45, 7) is 4.30. The summed E-state index contributed by atoms with van der Waals surface area (Å²) in [6.07, 6.45) is -0.886. The standard InChI is InChI=1S/C29H32F4N4O3S/c1-26(2)23(24(38)34-13-18-3-4-18)35-25(36-26)27-15-28(16-27,17-27)37(41(39,40)22-11-9-21(30)10-12-22)14-19-5-7-20(8-6-19)29(31,32)33/h5-12,18,23H,3-4,13-17H2,1-2H3,(H,34,38)(H,35,36). The van der Waals surface area contributed by atoms with Crippen LogP contribution in [0.5, 0.6) is 0 Å². The number of aliphatic imine (C=N–C) groups is 1. The van der Waals surface area contributed by atoms with Crippen molar-refractivity contribution in [1.82, 2.24) is 14.9 Å². The van der Waals surface area contributed by atoms with Crippen molar-refractivity contribution in [1.29, 1.82) is 0 Å². The lowest BCUT2D eigenvalue weighted by molar-refractivity contribution is -0.151. The molecule has 1 aliphatic heterocycles. The van der Waals surface area contributed by atoms with E-state index < -0.39 is 50.1 Å². The highest BCUT2D eigenvalue weighted by molar-refractivity contribution is 7.89. The van der Waals surface area contributed by atoms with Gasteiger partial charge in [-0.25, -0.2) is 12.8 Å². The van der Waals surface area contributed by atoms with Gasteiger partial charge in [0.2, 0.25) is 15.9 Å². The first-order valence-electron chi connectivity index (χ1n) is 13.7. The lowest BCUT2D eigenvalue weighted by atomic mass is 9.38. The molecule has 1 atom stereocenters. The van der Waals surface area contributed by atoms with Crippen LogP contribution >= 0.6 is 0 Å². The Balaban J connectivity index is 1.23. The summed E-state index contributed by atoms with van der Waals surface area (Å²) >= 11 is 0. The Bertz CT molecular complexity index is 1480. The van der Waals surface area contributed by atoms with Crippen LogP contribution in [0, 0.1) is 17.2 Å². The van der Waals surface area contributed by atoms with Crippen LogP contribution in [0.1, 0.15) is 57.1 Å². The number of carbonyl (C=O) groups is 1. The van der Waals surface area contributed by atoms with Crippen molar-refractivity contribution in [3.05, 3.63) is 65.5 Å². The van der Waals surface area contributed by atoms with Gasteiger partial charge in [-0.3, -0.25) is 9.79 Å². The summed E-state index contributed by atoms with van der Waals surface area (Å²) in [4.78, 5) is 17.7. The number of nitrogens with zero attached hydrogens (tertiary/aromatic N) is 2. The molecule has 1 unspecified atom stereocenters. The van der Waals surface area contributed by atoms with Gasteiger partial charge >= 0.3 is 6.18 Å². The highest BCUT2D eigenvalue weighted by Gasteiger charge is 2.75. The lowest BCUT2D eigenvalue weighted by Gasteiger charge is -2.72. The molecule has 220 valence electrons. The van der Waals surface area contributed by atoms with Crippen LogP contribution in [0.2, 0.25) is 0 Å². The molecule has 41 heavy (non-hydrogen) atoms. The molecule has 5 aliphatic rings. The molecule has 2 aromatic carbocycles. The van der Waals surface area contributed by atoms with E-state index in [0.717, 1.165) is 37.1 Å². The molecule has 2 bridgehead atoms. The van der Waals surface area contributed by atoms with E-state index in [9.17, 15) is 30.8 Å². The molecule has 1 amide bonds. The number of hydrogen-bond acceptors (Lipinski definition) is 5. The van der Waals surface area contributed by atoms with Crippen LogP contribution in [0.25, 0.3) is 0 Å². The number of carbonyl (C=O) groups excluding carboxylic acids is 1. The average Bonchev–Trinajstić information content (AvgIpc) is 3.62. The van der Waals surface area contributed by atoms with Crippen LogP contribution in [0.4, 0.5) is 17.6 Å². The van der Waals surface area contributed by atoms with E-state index in [1.54, 1.807) is 0 Å². The first-order valence-corrected chi connectivity index (χ1v) is 15.2. The first kappa shape index (κ1) is 28.1. The number of rotatable bonds is 9. The molecule has 2 aromatic rings. The van der Waals surface area contributed by atoms with E-state index in [-0.39, 0.29) is 17.3 Å². The minimum Gasteiger partial charge on any atom is -0.360 e. The smallest absolute Gasteiger partial charge is 0.360 e. The van der Waals surface area contributed by atoms with Crippen molar-refractivity contribution < 1.29 is 30.8 Å². The molecule has 7 nitrogen and oxygen atoms in total. The fraction of sp³-hybridized carbons (Fsp3) is 0.517. The van der Waals surface area contributed by atoms with Gasteiger partial charge in [-0.05, 0) is 93.8 Å². The Morgan fingerprint density at radius 1 is 1.05 bits per heavy atom. The van der Waals surface area contributed by atoms with Crippen LogP contribution in [0.3, 0.4) is 0 Å². The van der Waals surface area contributed by atoms with Gasteiger partial charge in [0.05, 0.1) is 16.0 Å². The molecule has 4 saturated carbocycles. The van der Waals surface area contributed by atoms with E-state index in [0.29, 0.717) is 43.1 Å². The van der Waals surface area contributed by atoms with Crippen molar-refractivity contribution in [2.75, 3.05) is 6.54 Å². The summed E-state index contributed by atoms with van der Waals surface area (Å²) < 4.78 is 82.0. The van der Waals surface area contributed by atoms with Crippen molar-refractivity contribution in [3.8, 4) is 0 Å². The number of amides is 1. The van der Waals surface area contributed by atoms with E-state index in [1.807, 2.05) is 13.8 Å². The van der Waals surface area contributed by atoms with Gasteiger partial charge in [-0.1, -0.05) is 12.1 Å². The number of sulfonamides is 1. The number of amidine groups is 1. The van der Waals surface area contributed by atoms with Crippen molar-refractivity contribution in [2.45, 2.75) is 80.7 Å². The molecule has 0 aromatic heterocycles. The minimum atomic E-state index is -4.51. The quantitative estimate of drug-likeness (QED) is 0.416. The van der Waals surface area contributed by atoms with Crippen molar-refractivity contribution in [3.63, 3.8) is 0 Å². The van der Waals surface area contributed by atoms with Gasteiger partial charge in [-0.15, -0.1) is 0 Å². The fourth-order valence-corrected chi connectivity index (χ4v) is 8.24. The maximum atomic E-state index is 13.9. The minimum absolute atomic E-state index is 0.0885. The second-order valence-corrected chi connectivity index (χ2v) is 14.4. The Hall–Kier alpha value is -2.99. The molecular weight excluding hydrogens is 560 g/mol. The summed E-state index contributed by atoms with van der Waals surface area (Å²) in [7, 11) is -4.12. The van der Waals surface area contributed by atoms with Crippen LogP contribution in [-0.4, -0.2) is 48.1 Å². The van der Waals surface area contributed by atoms with Gasteiger partial charge < -0.3 is 10.6 Å². The zero-order chi connectivity index (χ0) is 29.4. The van der Waals surface area contributed by atoms with Crippen LogP contribution < -0.4 is 10.6 Å². The van der Waals surface area contributed by atoms with Crippen LogP contribution in [-0.2, 0) is 27.5 Å². The molecule has 2 N–H and O–H groups in total. The predicted octanol–water partition coefficient (Wildman–Crippen LogP) is 4.63. The van der Waals surface area contributed by atoms with Crippen molar-refractivity contribution in [2.24, 2.45) is 16.3 Å². The lowest BCUT2D eigenvalue weighted by Crippen LogP contribution is -2.78. The number of hydrogen-bond donors (Lipinski definition) is 2. The summed E-state index contributed by atoms with van der Waals surface area (Å²) in [5, 5.41) is 6.34. The Morgan fingerprint density at radius 3 is 2.22 bits per heavy atom. The molecule has 12 heteroatoms. The average molecular weight is 593 g/mol. The maximum Gasteiger partial charge on any atom is 0.416 e. The normalized spacial score (nSPS) is 28.4. The predicted molar refractivity (Wildman–Crippen MR) is 144 cm³/mol. The second kappa shape index (κ2) is 9.26. The summed E-state index contributed by atoms with van der Waals surface area (Å²) in [6, 6.07) is 8.45. The van der Waals surface area contributed by atoms with E-state index in [1.165, 1.54) is 28.6 Å². The molecule has 0 saturated heterocycles. The van der Waals surface area contributed by atoms with Gasteiger partial charge in [0.15, 0.2) is 0 Å². The molecular formula is C29H32F4N4O3S. The number of nitrogens with one attached hydrogen (secondary N) is 2. The Morgan fingerprint density at radius 2 is 1.66 bits per heavy atom. The largest absolute Gasteiger partial charge is 0.416 e. The topological polar surface area (TPSA) is 90.9 Å². The molecule has 4 fully saturated rings. The maximum absolute atomic E-state index is 13.9. The highest BCUT2D eigenvalue weighted by Crippen LogP contribution is 2.71. The SMILES string of the molecule is CC1(C)N=C(C23CC(N(Cc4ccc(C(F)(F)F)cc4)S(=O)(=O)c4ccc(F)cc4)(C2)C3)NC1C(=O)NCC1CC1. The third kappa shape index (κ3) is 4.92. The summed E-state index contributed by atoms with van der Waals surface area (Å²) in [5.41, 5.74) is -2.25. The molecule has 4 aliphatic carbocycles. The van der Waals surface area contributed by atoms with Gasteiger partial charge in [-0.2, -0.15) is 17.5 Å². The number of alkyl halides is 3. The van der Waals surface area contributed by atoms with Crippen molar-refractivity contribution >= 4 is 21.8 Å². The summed E-state index contributed by atoms with van der Waals surface area (Å²) in [5.74, 6) is 0.556. The molecule has 0 radical (unpaired) electrons. The third-order valence-corrected chi connectivity index (χ3v) is 10.9. The third-order valence-electron chi connectivity index (χ3n) is 8.95. The van der Waals surface area contributed by atoms with Crippen LogP contribution in [0.15, 0.2) is 58.4 Å².